The van der Waals surface area contributed by atoms with Gasteiger partial charge in [0, 0.05) is 11.1 Å². The molecule has 2 aliphatic rings. The van der Waals surface area contributed by atoms with Crippen molar-refractivity contribution < 1.29 is 9.94 Å². The summed E-state index contributed by atoms with van der Waals surface area (Å²) in [5.74, 6) is 0. The summed E-state index contributed by atoms with van der Waals surface area (Å²) in [6.07, 6.45) is 10.8. The minimum Gasteiger partial charge on any atom is -0.393 e. The molecule has 0 spiro atoms. The minimum atomic E-state index is -0.211. The highest BCUT2D eigenvalue weighted by molar-refractivity contribution is 4.96. The quantitative estimate of drug-likeness (QED) is 0.830. The second-order valence-electron chi connectivity index (χ2n) is 8.05. The lowest BCUT2D eigenvalue weighted by atomic mass is 9.80. The lowest BCUT2D eigenvalue weighted by molar-refractivity contribution is -0.316. The smallest absolute Gasteiger partial charge is 0.0793 e. The number of nitrogens with zero attached hydrogens (tertiary/aromatic N) is 1. The number of piperidine rings is 1. The lowest BCUT2D eigenvalue weighted by Gasteiger charge is -2.53. The fraction of sp³-hybridized carbons (Fsp3) is 1.00. The van der Waals surface area contributed by atoms with E-state index < -0.39 is 0 Å². The summed E-state index contributed by atoms with van der Waals surface area (Å²) in [6.45, 7) is 8.78. The second kappa shape index (κ2) is 6.33. The zero-order valence-electron chi connectivity index (χ0n) is 13.8. The number of hydroxylamine groups is 2. The van der Waals surface area contributed by atoms with Crippen LogP contribution in [0.3, 0.4) is 0 Å². The van der Waals surface area contributed by atoms with Crippen LogP contribution < -0.4 is 0 Å². The van der Waals surface area contributed by atoms with E-state index in [0.29, 0.717) is 6.10 Å². The summed E-state index contributed by atoms with van der Waals surface area (Å²) in [6, 6.07) is 0. The fourth-order valence-electron chi connectivity index (χ4n) is 4.17. The van der Waals surface area contributed by atoms with Crippen molar-refractivity contribution in [2.45, 2.75) is 109 Å². The summed E-state index contributed by atoms with van der Waals surface area (Å²) < 4.78 is 0. The predicted molar refractivity (Wildman–Crippen MR) is 82.4 cm³/mol. The van der Waals surface area contributed by atoms with E-state index in [0.717, 1.165) is 12.8 Å². The van der Waals surface area contributed by atoms with Gasteiger partial charge in [-0.3, -0.25) is 4.84 Å². The van der Waals surface area contributed by atoms with Crippen molar-refractivity contribution in [1.29, 1.82) is 0 Å². The summed E-state index contributed by atoms with van der Waals surface area (Å²) in [5, 5.41) is 12.3. The van der Waals surface area contributed by atoms with Gasteiger partial charge in [-0.15, -0.1) is 0 Å². The second-order valence-corrected chi connectivity index (χ2v) is 8.05. The fourth-order valence-corrected chi connectivity index (χ4v) is 4.17. The van der Waals surface area contributed by atoms with Gasteiger partial charge in [-0.1, -0.05) is 32.1 Å². The molecule has 1 aliphatic heterocycles. The van der Waals surface area contributed by atoms with E-state index in [-0.39, 0.29) is 17.2 Å². The SMILES string of the molecule is CC1(C)CC(O)CC(C)(C)N1OC1CCCCCCC1. The Kier molecular flexibility index (Phi) is 5.14. The molecule has 1 aliphatic carbocycles. The molecule has 0 amide bonds. The zero-order valence-corrected chi connectivity index (χ0v) is 13.8. The molecular formula is C17H33NO2. The average molecular weight is 283 g/mol. The van der Waals surface area contributed by atoms with E-state index in [2.05, 4.69) is 32.8 Å². The van der Waals surface area contributed by atoms with Crippen LogP contribution in [-0.2, 0) is 4.84 Å². The largest absolute Gasteiger partial charge is 0.393 e. The Morgan fingerprint density at radius 2 is 1.30 bits per heavy atom. The molecular weight excluding hydrogens is 250 g/mol. The first-order valence-corrected chi connectivity index (χ1v) is 8.46. The molecule has 1 saturated carbocycles. The number of aliphatic hydroxyl groups is 1. The van der Waals surface area contributed by atoms with Crippen molar-refractivity contribution in [3.63, 3.8) is 0 Å². The number of hydrogen-bond donors (Lipinski definition) is 1. The van der Waals surface area contributed by atoms with Crippen LogP contribution in [0.15, 0.2) is 0 Å². The van der Waals surface area contributed by atoms with Gasteiger partial charge in [0.05, 0.1) is 12.2 Å². The molecule has 0 radical (unpaired) electrons. The molecule has 0 aromatic rings. The van der Waals surface area contributed by atoms with Gasteiger partial charge in [0.1, 0.15) is 0 Å². The molecule has 0 aromatic heterocycles. The first-order valence-electron chi connectivity index (χ1n) is 8.46. The molecule has 3 nitrogen and oxygen atoms in total. The molecule has 3 heteroatoms. The minimum absolute atomic E-state index is 0.0937. The third kappa shape index (κ3) is 3.96. The van der Waals surface area contributed by atoms with Crippen molar-refractivity contribution in [1.82, 2.24) is 5.06 Å². The van der Waals surface area contributed by atoms with Crippen LogP contribution in [0.5, 0.6) is 0 Å². The van der Waals surface area contributed by atoms with Gasteiger partial charge in [0.25, 0.3) is 0 Å². The van der Waals surface area contributed by atoms with Crippen LogP contribution in [0, 0.1) is 0 Å². The summed E-state index contributed by atoms with van der Waals surface area (Å²) >= 11 is 0. The van der Waals surface area contributed by atoms with E-state index in [9.17, 15) is 5.11 Å². The predicted octanol–water partition coefficient (Wildman–Crippen LogP) is 4.04. The van der Waals surface area contributed by atoms with Crippen molar-refractivity contribution in [3.8, 4) is 0 Å². The Labute approximate surface area is 124 Å². The van der Waals surface area contributed by atoms with E-state index >= 15 is 0 Å². The van der Waals surface area contributed by atoms with Crippen LogP contribution in [-0.4, -0.2) is 33.5 Å². The third-order valence-corrected chi connectivity index (χ3v) is 4.88. The van der Waals surface area contributed by atoms with E-state index in [1.54, 1.807) is 0 Å². The molecule has 0 unspecified atom stereocenters. The Morgan fingerprint density at radius 1 is 0.850 bits per heavy atom. The molecule has 0 aromatic carbocycles. The molecule has 0 bridgehead atoms. The van der Waals surface area contributed by atoms with Gasteiger partial charge in [-0.2, -0.15) is 5.06 Å². The summed E-state index contributed by atoms with van der Waals surface area (Å²) in [7, 11) is 0. The molecule has 2 fully saturated rings. The van der Waals surface area contributed by atoms with E-state index in [1.165, 1.54) is 44.9 Å². The van der Waals surface area contributed by atoms with Gasteiger partial charge in [0.15, 0.2) is 0 Å². The summed E-state index contributed by atoms with van der Waals surface area (Å²) in [4.78, 5) is 6.47. The van der Waals surface area contributed by atoms with Crippen molar-refractivity contribution >= 4 is 0 Å². The van der Waals surface area contributed by atoms with Crippen LogP contribution in [0.25, 0.3) is 0 Å². The topological polar surface area (TPSA) is 32.7 Å². The Bertz CT molecular complexity index is 288. The average Bonchev–Trinajstić information content (AvgIpc) is 2.23. The van der Waals surface area contributed by atoms with Crippen LogP contribution in [0.2, 0.25) is 0 Å². The van der Waals surface area contributed by atoms with Gasteiger partial charge >= 0.3 is 0 Å². The van der Waals surface area contributed by atoms with E-state index in [4.69, 9.17) is 4.84 Å². The molecule has 2 rings (SSSR count). The molecule has 20 heavy (non-hydrogen) atoms. The molecule has 1 heterocycles. The Balaban J connectivity index is 2.04. The maximum Gasteiger partial charge on any atom is 0.0793 e. The zero-order chi connectivity index (χ0) is 14.8. The Hall–Kier alpha value is -0.120. The molecule has 1 N–H and O–H groups in total. The Morgan fingerprint density at radius 3 is 1.80 bits per heavy atom. The summed E-state index contributed by atoms with van der Waals surface area (Å²) in [5.41, 5.74) is -0.187. The first kappa shape index (κ1) is 16.3. The lowest BCUT2D eigenvalue weighted by Crippen LogP contribution is -2.62. The van der Waals surface area contributed by atoms with Crippen molar-refractivity contribution in [2.24, 2.45) is 0 Å². The van der Waals surface area contributed by atoms with Crippen LogP contribution in [0.4, 0.5) is 0 Å². The van der Waals surface area contributed by atoms with Gasteiger partial charge < -0.3 is 5.11 Å². The van der Waals surface area contributed by atoms with Gasteiger partial charge in [-0.05, 0) is 53.4 Å². The first-order chi connectivity index (χ1) is 9.31. The van der Waals surface area contributed by atoms with Crippen LogP contribution >= 0.6 is 0 Å². The van der Waals surface area contributed by atoms with Gasteiger partial charge in [0.2, 0.25) is 0 Å². The molecule has 118 valence electrons. The van der Waals surface area contributed by atoms with Crippen molar-refractivity contribution in [3.05, 3.63) is 0 Å². The number of aliphatic hydroxyl groups excluding tert-OH is 1. The number of hydrogen-bond acceptors (Lipinski definition) is 3. The van der Waals surface area contributed by atoms with Crippen molar-refractivity contribution in [2.75, 3.05) is 0 Å². The van der Waals surface area contributed by atoms with Crippen LogP contribution in [0.1, 0.15) is 85.5 Å². The molecule has 0 atom stereocenters. The maximum atomic E-state index is 10.1. The monoisotopic (exact) mass is 283 g/mol. The number of rotatable bonds is 2. The third-order valence-electron chi connectivity index (χ3n) is 4.88. The van der Waals surface area contributed by atoms with Gasteiger partial charge in [-0.25, -0.2) is 0 Å². The highest BCUT2D eigenvalue weighted by Gasteiger charge is 2.46. The highest BCUT2D eigenvalue weighted by atomic mass is 16.7. The highest BCUT2D eigenvalue weighted by Crippen LogP contribution is 2.39. The maximum absolute atomic E-state index is 10.1. The standard InChI is InChI=1S/C17H33NO2/c1-16(2)12-14(19)13-17(3,4)18(16)20-15-10-8-6-5-7-9-11-15/h14-15,19H,5-13H2,1-4H3. The van der Waals surface area contributed by atoms with E-state index in [1.807, 2.05) is 0 Å². The molecule has 1 saturated heterocycles. The normalized spacial score (nSPS) is 29.9.